The van der Waals surface area contributed by atoms with E-state index >= 15 is 0 Å². The lowest BCUT2D eigenvalue weighted by atomic mass is 9.66. The Morgan fingerprint density at radius 3 is 2.54 bits per heavy atom. The van der Waals surface area contributed by atoms with Crippen LogP contribution in [0.15, 0.2) is 43.5 Å². The van der Waals surface area contributed by atoms with E-state index in [1.807, 2.05) is 43.9 Å². The zero-order chi connectivity index (χ0) is 28.5. The van der Waals surface area contributed by atoms with Crippen molar-refractivity contribution < 1.29 is 19.5 Å². The molecule has 3 saturated heterocycles. The molecule has 3 aliphatic heterocycles. The van der Waals surface area contributed by atoms with Crippen molar-refractivity contribution in [2.24, 2.45) is 11.8 Å². The van der Waals surface area contributed by atoms with Crippen LogP contribution >= 0.6 is 11.8 Å². The van der Waals surface area contributed by atoms with Crippen LogP contribution < -0.4 is 4.90 Å². The van der Waals surface area contributed by atoms with Gasteiger partial charge < -0.3 is 19.8 Å². The van der Waals surface area contributed by atoms with Gasteiger partial charge in [0.25, 0.3) is 5.91 Å². The number of anilines is 1. The minimum atomic E-state index is -0.718. The molecule has 1 spiro atoms. The van der Waals surface area contributed by atoms with E-state index in [1.165, 1.54) is 0 Å². The summed E-state index contributed by atoms with van der Waals surface area (Å²) in [5.74, 6) is -1.36. The number of rotatable bonds is 12. The highest BCUT2D eigenvalue weighted by Crippen LogP contribution is 2.71. The number of nitrogens with zero attached hydrogens (tertiary/aromatic N) is 3. The first kappa shape index (κ1) is 29.4. The SMILES string of the molecule is C=CCN(CCC)C(=O)[C@@H]1[C@H]2C(=O)N(CCCO)C(C(=O)N(CC=C)c3cc(C)ccc3C)C23CC[C@@]1(C)S3. The number of amides is 3. The molecular formula is C31H43N3O4S. The molecule has 2 unspecified atom stereocenters. The zero-order valence-electron chi connectivity index (χ0n) is 23.8. The molecule has 3 amide bonds. The second kappa shape index (κ2) is 11.5. The Bertz CT molecular complexity index is 1150. The van der Waals surface area contributed by atoms with Crippen LogP contribution in [0.4, 0.5) is 5.69 Å². The lowest BCUT2D eigenvalue weighted by molar-refractivity contribution is -0.145. The topological polar surface area (TPSA) is 81.2 Å². The van der Waals surface area contributed by atoms with Crippen LogP contribution in [-0.2, 0) is 14.4 Å². The fraction of sp³-hybridized carbons (Fsp3) is 0.581. The molecule has 0 aromatic heterocycles. The Labute approximate surface area is 237 Å². The number of fused-ring (bicyclic) bond motifs is 1. The highest BCUT2D eigenvalue weighted by molar-refractivity contribution is 8.02. The third-order valence-electron chi connectivity index (χ3n) is 8.72. The lowest BCUT2D eigenvalue weighted by Crippen LogP contribution is -2.55. The summed E-state index contributed by atoms with van der Waals surface area (Å²) in [5, 5.41) is 9.66. The molecule has 1 aromatic rings. The number of aliphatic hydroxyl groups is 1. The van der Waals surface area contributed by atoms with Gasteiger partial charge in [-0.05, 0) is 63.6 Å². The summed E-state index contributed by atoms with van der Waals surface area (Å²) in [5.41, 5.74) is 2.82. The molecule has 1 aromatic carbocycles. The number of hydrogen-bond acceptors (Lipinski definition) is 5. The van der Waals surface area contributed by atoms with E-state index in [4.69, 9.17) is 0 Å². The van der Waals surface area contributed by atoms with Gasteiger partial charge in [0.1, 0.15) is 6.04 Å². The van der Waals surface area contributed by atoms with Crippen LogP contribution in [0.25, 0.3) is 0 Å². The smallest absolute Gasteiger partial charge is 0.251 e. The summed E-state index contributed by atoms with van der Waals surface area (Å²) in [4.78, 5) is 48.3. The van der Waals surface area contributed by atoms with E-state index < -0.39 is 27.4 Å². The molecule has 8 heteroatoms. The van der Waals surface area contributed by atoms with Crippen molar-refractivity contribution in [1.29, 1.82) is 0 Å². The van der Waals surface area contributed by atoms with E-state index in [-0.39, 0.29) is 30.9 Å². The highest BCUT2D eigenvalue weighted by Gasteiger charge is 2.77. The Hall–Kier alpha value is -2.58. The van der Waals surface area contributed by atoms with Crippen LogP contribution in [-0.4, -0.2) is 80.9 Å². The Balaban J connectivity index is 1.81. The number of likely N-dealkylation sites (tertiary alicyclic amines) is 1. The minimum Gasteiger partial charge on any atom is -0.396 e. The molecule has 3 aliphatic rings. The summed E-state index contributed by atoms with van der Waals surface area (Å²) in [7, 11) is 0. The average Bonchev–Trinajstić information content (AvgIpc) is 3.47. The van der Waals surface area contributed by atoms with Crippen molar-refractivity contribution in [2.45, 2.75) is 68.9 Å². The number of hydrogen-bond donors (Lipinski definition) is 1. The fourth-order valence-electron chi connectivity index (χ4n) is 7.07. The van der Waals surface area contributed by atoms with E-state index in [0.717, 1.165) is 29.7 Å². The van der Waals surface area contributed by atoms with Gasteiger partial charge in [-0.15, -0.1) is 24.9 Å². The van der Waals surface area contributed by atoms with E-state index in [9.17, 15) is 19.5 Å². The Morgan fingerprint density at radius 1 is 1.18 bits per heavy atom. The first-order valence-corrected chi connectivity index (χ1v) is 14.9. The van der Waals surface area contributed by atoms with E-state index in [1.54, 1.807) is 33.7 Å². The number of carbonyl (C=O) groups is 3. The van der Waals surface area contributed by atoms with Crippen LogP contribution in [0.1, 0.15) is 50.7 Å². The molecule has 212 valence electrons. The Kier molecular flexibility index (Phi) is 8.67. The normalized spacial score (nSPS) is 28.9. The average molecular weight is 554 g/mol. The maximum absolute atomic E-state index is 14.7. The molecule has 3 heterocycles. The summed E-state index contributed by atoms with van der Waals surface area (Å²) in [6, 6.07) is 5.32. The third kappa shape index (κ3) is 4.84. The number of carbonyl (C=O) groups excluding carboxylic acids is 3. The van der Waals surface area contributed by atoms with Crippen molar-refractivity contribution in [3.63, 3.8) is 0 Å². The quantitative estimate of drug-likeness (QED) is 0.394. The Morgan fingerprint density at radius 2 is 1.90 bits per heavy atom. The summed E-state index contributed by atoms with van der Waals surface area (Å²) < 4.78 is -1.11. The molecule has 0 radical (unpaired) electrons. The van der Waals surface area contributed by atoms with Gasteiger partial charge in [-0.1, -0.05) is 31.2 Å². The second-order valence-corrected chi connectivity index (χ2v) is 13.3. The van der Waals surface area contributed by atoms with Gasteiger partial charge in [0.05, 0.1) is 16.6 Å². The third-order valence-corrected chi connectivity index (χ3v) is 10.7. The maximum atomic E-state index is 14.7. The van der Waals surface area contributed by atoms with Crippen LogP contribution in [0.3, 0.4) is 0 Å². The maximum Gasteiger partial charge on any atom is 0.251 e. The van der Waals surface area contributed by atoms with Gasteiger partial charge in [0.15, 0.2) is 0 Å². The monoisotopic (exact) mass is 553 g/mol. The predicted molar refractivity (Wildman–Crippen MR) is 158 cm³/mol. The van der Waals surface area contributed by atoms with E-state index in [0.29, 0.717) is 32.5 Å². The van der Waals surface area contributed by atoms with Crippen molar-refractivity contribution in [2.75, 3.05) is 37.7 Å². The summed E-state index contributed by atoms with van der Waals surface area (Å²) in [6.07, 6.45) is 6.12. The van der Waals surface area contributed by atoms with Gasteiger partial charge in [0.2, 0.25) is 11.8 Å². The lowest BCUT2D eigenvalue weighted by Gasteiger charge is -2.38. The van der Waals surface area contributed by atoms with Crippen LogP contribution in [0.2, 0.25) is 0 Å². The van der Waals surface area contributed by atoms with E-state index in [2.05, 4.69) is 20.1 Å². The first-order valence-electron chi connectivity index (χ1n) is 14.1. The number of thioether (sulfide) groups is 1. The second-order valence-electron chi connectivity index (χ2n) is 11.4. The van der Waals surface area contributed by atoms with Crippen molar-refractivity contribution in [3.8, 4) is 0 Å². The molecule has 39 heavy (non-hydrogen) atoms. The largest absolute Gasteiger partial charge is 0.396 e. The fourth-order valence-corrected chi connectivity index (χ4v) is 9.41. The molecule has 0 saturated carbocycles. The van der Waals surface area contributed by atoms with Gasteiger partial charge in [-0.25, -0.2) is 0 Å². The molecule has 4 rings (SSSR count). The molecular weight excluding hydrogens is 510 g/mol. The standard InChI is InChI=1S/C31H43N3O4S/c1-7-15-32(16-8-2)27(36)24-25-28(37)34(18-10-19-35)26(31(25)14-13-30(24,6)39-31)29(38)33(17-9-3)23-20-21(4)11-12-22(23)5/h7,9,11-12,20,24-26,35H,1,3,8,10,13-19H2,2,4-6H3/t24-,25-,26?,30+,31?/m0/s1. The predicted octanol–water partition coefficient (Wildman–Crippen LogP) is 4.11. The zero-order valence-corrected chi connectivity index (χ0v) is 24.6. The minimum absolute atomic E-state index is 0.0145. The van der Waals surface area contributed by atoms with Crippen molar-refractivity contribution in [1.82, 2.24) is 9.80 Å². The molecule has 2 bridgehead atoms. The highest BCUT2D eigenvalue weighted by atomic mass is 32.2. The van der Waals surface area contributed by atoms with Gasteiger partial charge in [-0.2, -0.15) is 0 Å². The molecule has 3 fully saturated rings. The van der Waals surface area contributed by atoms with Gasteiger partial charge >= 0.3 is 0 Å². The molecule has 1 N–H and O–H groups in total. The van der Waals surface area contributed by atoms with Crippen molar-refractivity contribution >= 4 is 35.2 Å². The van der Waals surface area contributed by atoms with Crippen LogP contribution in [0.5, 0.6) is 0 Å². The number of aryl methyl sites for hydroxylation is 2. The van der Waals surface area contributed by atoms with Gasteiger partial charge in [-0.3, -0.25) is 14.4 Å². The van der Waals surface area contributed by atoms with Crippen molar-refractivity contribution in [3.05, 3.63) is 54.6 Å². The van der Waals surface area contributed by atoms with Crippen LogP contribution in [0, 0.1) is 25.7 Å². The molecule has 5 atom stereocenters. The number of benzene rings is 1. The molecule has 7 nitrogen and oxygen atoms in total. The molecule has 0 aliphatic carbocycles. The first-order chi connectivity index (χ1) is 18.6. The summed E-state index contributed by atoms with van der Waals surface area (Å²) in [6.45, 7) is 17.4. The van der Waals surface area contributed by atoms with Gasteiger partial charge in [0, 0.05) is 43.2 Å². The summed E-state index contributed by atoms with van der Waals surface area (Å²) >= 11 is 1.69. The number of aliphatic hydroxyl groups excluding tert-OH is 1.